The topological polar surface area (TPSA) is 58.1 Å². The van der Waals surface area contributed by atoms with Gasteiger partial charge in [0, 0.05) is 38.8 Å². The van der Waals surface area contributed by atoms with E-state index >= 15 is 0 Å². The third kappa shape index (κ3) is 6.99. The van der Waals surface area contributed by atoms with Crippen LogP contribution in [0.3, 0.4) is 0 Å². The molecule has 0 unspecified atom stereocenters. The predicted octanol–water partition coefficient (Wildman–Crippen LogP) is 2.09. The van der Waals surface area contributed by atoms with Crippen LogP contribution >= 0.6 is 24.0 Å². The van der Waals surface area contributed by atoms with Crippen LogP contribution < -0.4 is 15.4 Å². The van der Waals surface area contributed by atoms with Gasteiger partial charge in [-0.05, 0) is 31.5 Å². The van der Waals surface area contributed by atoms with Gasteiger partial charge in [-0.25, -0.2) is 0 Å². The van der Waals surface area contributed by atoms with Crippen molar-refractivity contribution in [2.75, 3.05) is 47.0 Å². The van der Waals surface area contributed by atoms with E-state index in [-0.39, 0.29) is 29.5 Å². The van der Waals surface area contributed by atoms with Crippen molar-refractivity contribution in [2.24, 2.45) is 4.99 Å². The summed E-state index contributed by atoms with van der Waals surface area (Å²) < 4.78 is 10.6. The highest BCUT2D eigenvalue weighted by Crippen LogP contribution is 2.15. The van der Waals surface area contributed by atoms with Gasteiger partial charge in [-0.3, -0.25) is 9.89 Å². The van der Waals surface area contributed by atoms with Gasteiger partial charge >= 0.3 is 0 Å². The van der Waals surface area contributed by atoms with Gasteiger partial charge < -0.3 is 20.1 Å². The molecule has 1 aromatic carbocycles. The molecule has 2 N–H and O–H groups in total. The maximum absolute atomic E-state index is 5.44. The lowest BCUT2D eigenvalue weighted by Crippen LogP contribution is -2.56. The van der Waals surface area contributed by atoms with Gasteiger partial charge in [-0.15, -0.1) is 24.0 Å². The van der Waals surface area contributed by atoms with E-state index in [9.17, 15) is 0 Å². The van der Waals surface area contributed by atoms with Crippen LogP contribution in [0.4, 0.5) is 0 Å². The molecule has 25 heavy (non-hydrogen) atoms. The van der Waals surface area contributed by atoms with Gasteiger partial charge in [0.1, 0.15) is 5.75 Å². The third-order valence-electron chi connectivity index (χ3n) is 4.40. The number of nitrogens with zero attached hydrogens (tertiary/aromatic N) is 2. The summed E-state index contributed by atoms with van der Waals surface area (Å²) in [7, 11) is 3.47. The van der Waals surface area contributed by atoms with Gasteiger partial charge in [0.25, 0.3) is 0 Å². The first-order valence-electron chi connectivity index (χ1n) is 8.45. The Morgan fingerprint density at radius 2 is 1.84 bits per heavy atom. The lowest BCUT2D eigenvalue weighted by atomic mass is 10.0. The molecule has 1 aliphatic rings. The predicted molar refractivity (Wildman–Crippen MR) is 113 cm³/mol. The second kappa shape index (κ2) is 10.8. The van der Waals surface area contributed by atoms with Crippen molar-refractivity contribution >= 4 is 29.9 Å². The molecule has 1 aliphatic heterocycles. The molecule has 2 rings (SSSR count). The van der Waals surface area contributed by atoms with Crippen LogP contribution in [0, 0.1) is 0 Å². The van der Waals surface area contributed by atoms with Crippen LogP contribution in [0.2, 0.25) is 0 Å². The van der Waals surface area contributed by atoms with Crippen LogP contribution in [-0.2, 0) is 11.3 Å². The van der Waals surface area contributed by atoms with Crippen molar-refractivity contribution in [3.05, 3.63) is 29.8 Å². The molecule has 0 radical (unpaired) electrons. The largest absolute Gasteiger partial charge is 0.497 e. The molecule has 6 nitrogen and oxygen atoms in total. The number of rotatable bonds is 6. The summed E-state index contributed by atoms with van der Waals surface area (Å²) in [4.78, 5) is 6.77. The highest BCUT2D eigenvalue weighted by Gasteiger charge is 2.28. The average Bonchev–Trinajstić information content (AvgIpc) is 2.63. The lowest BCUT2D eigenvalue weighted by Gasteiger charge is -2.41. The van der Waals surface area contributed by atoms with E-state index < -0.39 is 0 Å². The van der Waals surface area contributed by atoms with Crippen LogP contribution in [0.25, 0.3) is 0 Å². The molecule has 1 saturated heterocycles. The Kier molecular flexibility index (Phi) is 9.52. The molecule has 0 amide bonds. The Morgan fingerprint density at radius 3 is 2.40 bits per heavy atom. The van der Waals surface area contributed by atoms with E-state index in [0.717, 1.165) is 51.1 Å². The zero-order valence-corrected chi connectivity index (χ0v) is 18.0. The molecular formula is C18H31IN4O2. The van der Waals surface area contributed by atoms with Gasteiger partial charge in [0.2, 0.25) is 0 Å². The molecular weight excluding hydrogens is 431 g/mol. The quantitative estimate of drug-likeness (QED) is 0.385. The first-order chi connectivity index (χ1) is 11.5. The molecule has 0 spiro atoms. The fourth-order valence-electron chi connectivity index (χ4n) is 2.73. The average molecular weight is 462 g/mol. The molecule has 0 saturated carbocycles. The summed E-state index contributed by atoms with van der Waals surface area (Å²) in [6.07, 6.45) is 0. The summed E-state index contributed by atoms with van der Waals surface area (Å²) in [5.41, 5.74) is 1.24. The highest BCUT2D eigenvalue weighted by atomic mass is 127. The van der Waals surface area contributed by atoms with E-state index in [0.29, 0.717) is 0 Å². The van der Waals surface area contributed by atoms with Crippen LogP contribution in [0.5, 0.6) is 5.75 Å². The van der Waals surface area contributed by atoms with E-state index in [1.807, 2.05) is 12.1 Å². The van der Waals surface area contributed by atoms with E-state index in [4.69, 9.17) is 9.47 Å². The number of hydrogen-bond acceptors (Lipinski definition) is 4. The third-order valence-corrected chi connectivity index (χ3v) is 4.40. The van der Waals surface area contributed by atoms with Crippen molar-refractivity contribution in [1.29, 1.82) is 0 Å². The van der Waals surface area contributed by atoms with Gasteiger partial charge in [0.05, 0.1) is 20.3 Å². The first kappa shape index (κ1) is 22.0. The number of methoxy groups -OCH3 is 1. The second-order valence-corrected chi connectivity index (χ2v) is 6.54. The molecule has 0 aromatic heterocycles. The van der Waals surface area contributed by atoms with Crippen molar-refractivity contribution in [2.45, 2.75) is 25.9 Å². The Bertz CT molecular complexity index is 528. The fourth-order valence-corrected chi connectivity index (χ4v) is 2.73. The molecule has 7 heteroatoms. The van der Waals surface area contributed by atoms with E-state index in [2.05, 4.69) is 46.5 Å². The number of guanidine groups is 1. The molecule has 0 atom stereocenters. The Balaban J connectivity index is 0.00000312. The smallest absolute Gasteiger partial charge is 0.191 e. The van der Waals surface area contributed by atoms with Crippen molar-refractivity contribution < 1.29 is 9.47 Å². The summed E-state index contributed by atoms with van der Waals surface area (Å²) in [5, 5.41) is 6.79. The standard InChI is InChI=1S/C18H30N4O2.HI/c1-18(2,22-9-11-24-12-10-22)14-21-17(19-3)20-13-15-5-7-16(23-4)8-6-15;/h5-8H,9-14H2,1-4H3,(H2,19,20,21);1H. The number of hydrogen-bond donors (Lipinski definition) is 2. The Labute approximate surface area is 168 Å². The number of halogens is 1. The Morgan fingerprint density at radius 1 is 1.20 bits per heavy atom. The number of benzene rings is 1. The zero-order valence-electron chi connectivity index (χ0n) is 15.7. The van der Waals surface area contributed by atoms with E-state index in [1.165, 1.54) is 5.56 Å². The number of nitrogens with one attached hydrogen (secondary N) is 2. The van der Waals surface area contributed by atoms with Gasteiger partial charge in [0.15, 0.2) is 5.96 Å². The molecule has 0 bridgehead atoms. The maximum Gasteiger partial charge on any atom is 0.191 e. The molecule has 1 heterocycles. The summed E-state index contributed by atoms with van der Waals surface area (Å²) in [5.74, 6) is 1.68. The minimum Gasteiger partial charge on any atom is -0.497 e. The molecule has 0 aliphatic carbocycles. The van der Waals surface area contributed by atoms with Gasteiger partial charge in [-0.2, -0.15) is 0 Å². The molecule has 1 fully saturated rings. The van der Waals surface area contributed by atoms with Crippen molar-refractivity contribution in [3.63, 3.8) is 0 Å². The summed E-state index contributed by atoms with van der Waals surface area (Å²) >= 11 is 0. The molecule has 1 aromatic rings. The first-order valence-corrected chi connectivity index (χ1v) is 8.45. The van der Waals surface area contributed by atoms with Crippen molar-refractivity contribution in [3.8, 4) is 5.75 Å². The normalized spacial score (nSPS) is 16.1. The minimum absolute atomic E-state index is 0. The summed E-state index contributed by atoms with van der Waals surface area (Å²) in [6, 6.07) is 8.04. The molecule has 142 valence electrons. The van der Waals surface area contributed by atoms with Crippen LogP contribution in [0.15, 0.2) is 29.3 Å². The highest BCUT2D eigenvalue weighted by molar-refractivity contribution is 14.0. The van der Waals surface area contributed by atoms with Crippen molar-refractivity contribution in [1.82, 2.24) is 15.5 Å². The number of morpholine rings is 1. The monoisotopic (exact) mass is 462 g/mol. The second-order valence-electron chi connectivity index (χ2n) is 6.54. The van der Waals surface area contributed by atoms with Crippen LogP contribution in [0.1, 0.15) is 19.4 Å². The van der Waals surface area contributed by atoms with Gasteiger partial charge in [-0.1, -0.05) is 12.1 Å². The maximum atomic E-state index is 5.44. The summed E-state index contributed by atoms with van der Waals surface area (Å²) in [6.45, 7) is 9.64. The fraction of sp³-hybridized carbons (Fsp3) is 0.611. The minimum atomic E-state index is 0. The lowest BCUT2D eigenvalue weighted by molar-refractivity contribution is -0.00834. The number of aliphatic imine (C=N–C) groups is 1. The Hall–Kier alpha value is -1.06. The number of ether oxygens (including phenoxy) is 2. The van der Waals surface area contributed by atoms with Crippen LogP contribution in [-0.4, -0.2) is 63.4 Å². The van der Waals surface area contributed by atoms with E-state index in [1.54, 1.807) is 14.2 Å². The zero-order chi connectivity index (χ0) is 17.4. The SMILES string of the molecule is CN=C(NCc1ccc(OC)cc1)NCC(C)(C)N1CCOCC1.I.